The average molecular weight is 240 g/mol. The van der Waals surface area contributed by atoms with Crippen molar-refractivity contribution in [1.29, 1.82) is 0 Å². The van der Waals surface area contributed by atoms with E-state index in [4.69, 9.17) is 8.92 Å². The lowest BCUT2D eigenvalue weighted by Gasteiger charge is -2.25. The average Bonchev–Trinajstić information content (AvgIpc) is 2.22. The summed E-state index contributed by atoms with van der Waals surface area (Å²) in [7, 11) is 0. The molecule has 0 saturated carbocycles. The summed E-state index contributed by atoms with van der Waals surface area (Å²) in [5.41, 5.74) is 1.16. The van der Waals surface area contributed by atoms with Crippen molar-refractivity contribution in [3.8, 4) is 0 Å². The fraction of sp³-hybridized carbons (Fsp3) is 0.500. The van der Waals surface area contributed by atoms with Gasteiger partial charge in [-0.25, -0.2) is 4.21 Å². The minimum atomic E-state index is -1.33. The van der Waals surface area contributed by atoms with E-state index in [0.29, 0.717) is 12.5 Å². The quantitative estimate of drug-likeness (QED) is 0.790. The van der Waals surface area contributed by atoms with Gasteiger partial charge in [-0.1, -0.05) is 17.7 Å². The highest BCUT2D eigenvalue weighted by atomic mass is 32.2. The van der Waals surface area contributed by atoms with Crippen LogP contribution >= 0.6 is 0 Å². The Morgan fingerprint density at radius 1 is 1.38 bits per heavy atom. The lowest BCUT2D eigenvalue weighted by atomic mass is 10.1. The van der Waals surface area contributed by atoms with Crippen molar-refractivity contribution < 1.29 is 13.1 Å². The molecule has 1 unspecified atom stereocenters. The molecule has 0 amide bonds. The normalized spacial score (nSPS) is 18.1. The van der Waals surface area contributed by atoms with Gasteiger partial charge in [-0.05, 0) is 25.5 Å². The third kappa shape index (κ3) is 3.14. The Hall–Kier alpha value is -0.710. The summed E-state index contributed by atoms with van der Waals surface area (Å²) in [5.74, 6) is 0.593. The first kappa shape index (κ1) is 11.8. The van der Waals surface area contributed by atoms with E-state index < -0.39 is 11.1 Å². The van der Waals surface area contributed by atoms with Crippen LogP contribution in [0.3, 0.4) is 0 Å². The second kappa shape index (κ2) is 5.57. The molecule has 0 radical (unpaired) electrons. The lowest BCUT2D eigenvalue weighted by Crippen LogP contribution is -2.28. The molecule has 1 fully saturated rings. The molecule has 0 bridgehead atoms. The number of benzene rings is 1. The van der Waals surface area contributed by atoms with Gasteiger partial charge in [-0.2, -0.15) is 0 Å². The SMILES string of the molecule is Cc1ccc(S(=O)OCCC2COC2)cc1. The van der Waals surface area contributed by atoms with E-state index in [9.17, 15) is 4.21 Å². The van der Waals surface area contributed by atoms with Crippen molar-refractivity contribution in [3.05, 3.63) is 29.8 Å². The summed E-state index contributed by atoms with van der Waals surface area (Å²) in [5, 5.41) is 0. The Morgan fingerprint density at radius 2 is 2.06 bits per heavy atom. The minimum Gasteiger partial charge on any atom is -0.381 e. The van der Waals surface area contributed by atoms with Gasteiger partial charge in [0.15, 0.2) is 11.1 Å². The highest BCUT2D eigenvalue weighted by Gasteiger charge is 2.18. The molecule has 1 atom stereocenters. The maximum atomic E-state index is 11.7. The van der Waals surface area contributed by atoms with Gasteiger partial charge >= 0.3 is 0 Å². The molecule has 0 aliphatic carbocycles. The molecule has 1 aliphatic rings. The second-order valence-electron chi connectivity index (χ2n) is 4.06. The van der Waals surface area contributed by atoms with Crippen molar-refractivity contribution in [2.24, 2.45) is 5.92 Å². The summed E-state index contributed by atoms with van der Waals surface area (Å²) in [6.07, 6.45) is 0.928. The fourth-order valence-electron chi connectivity index (χ4n) is 1.46. The Bertz CT molecular complexity index is 357. The lowest BCUT2D eigenvalue weighted by molar-refractivity contribution is -0.0396. The van der Waals surface area contributed by atoms with Crippen LogP contribution in [0, 0.1) is 12.8 Å². The Kier molecular flexibility index (Phi) is 4.09. The molecule has 1 heterocycles. The summed E-state index contributed by atoms with van der Waals surface area (Å²) >= 11 is -1.33. The van der Waals surface area contributed by atoms with Crippen LogP contribution in [0.4, 0.5) is 0 Å². The van der Waals surface area contributed by atoms with Crippen LogP contribution in [-0.4, -0.2) is 24.0 Å². The summed E-state index contributed by atoms with van der Waals surface area (Å²) < 4.78 is 22.1. The topological polar surface area (TPSA) is 35.5 Å². The largest absolute Gasteiger partial charge is 0.381 e. The number of aryl methyl sites for hydroxylation is 1. The summed E-state index contributed by atoms with van der Waals surface area (Å²) in [6.45, 7) is 4.18. The Morgan fingerprint density at radius 3 is 2.62 bits per heavy atom. The molecule has 0 spiro atoms. The van der Waals surface area contributed by atoms with Crippen LogP contribution in [0.1, 0.15) is 12.0 Å². The van der Waals surface area contributed by atoms with Crippen molar-refractivity contribution in [1.82, 2.24) is 0 Å². The predicted octanol–water partition coefficient (Wildman–Crippen LogP) is 2.07. The van der Waals surface area contributed by atoms with E-state index in [1.54, 1.807) is 0 Å². The van der Waals surface area contributed by atoms with E-state index in [-0.39, 0.29) is 0 Å². The number of ether oxygens (including phenoxy) is 1. The molecule has 0 N–H and O–H groups in total. The fourth-order valence-corrected chi connectivity index (χ4v) is 2.20. The molecule has 88 valence electrons. The van der Waals surface area contributed by atoms with E-state index in [1.165, 1.54) is 0 Å². The van der Waals surface area contributed by atoms with Gasteiger partial charge in [0, 0.05) is 5.92 Å². The van der Waals surface area contributed by atoms with Crippen molar-refractivity contribution in [3.63, 3.8) is 0 Å². The Labute approximate surface area is 98.4 Å². The monoisotopic (exact) mass is 240 g/mol. The number of hydrogen-bond acceptors (Lipinski definition) is 3. The van der Waals surface area contributed by atoms with E-state index >= 15 is 0 Å². The highest BCUT2D eigenvalue weighted by Crippen LogP contribution is 2.15. The maximum Gasteiger partial charge on any atom is 0.189 e. The van der Waals surface area contributed by atoms with Gasteiger partial charge in [-0.15, -0.1) is 0 Å². The summed E-state index contributed by atoms with van der Waals surface area (Å²) in [6, 6.07) is 7.57. The molecular formula is C12H16O3S. The van der Waals surface area contributed by atoms with Crippen molar-refractivity contribution in [2.45, 2.75) is 18.2 Å². The van der Waals surface area contributed by atoms with Gasteiger partial charge in [0.2, 0.25) is 0 Å². The van der Waals surface area contributed by atoms with Crippen molar-refractivity contribution >= 4 is 11.1 Å². The molecule has 3 nitrogen and oxygen atoms in total. The first-order valence-electron chi connectivity index (χ1n) is 5.45. The smallest absolute Gasteiger partial charge is 0.189 e. The van der Waals surface area contributed by atoms with Crippen LogP contribution in [0.5, 0.6) is 0 Å². The number of hydrogen-bond donors (Lipinski definition) is 0. The van der Waals surface area contributed by atoms with Gasteiger partial charge < -0.3 is 4.74 Å². The van der Waals surface area contributed by atoms with Crippen LogP contribution in [0.25, 0.3) is 0 Å². The van der Waals surface area contributed by atoms with E-state index in [1.807, 2.05) is 31.2 Å². The maximum absolute atomic E-state index is 11.7. The van der Waals surface area contributed by atoms with E-state index in [0.717, 1.165) is 30.1 Å². The Balaban J connectivity index is 1.76. The standard InChI is InChI=1S/C12H16O3S/c1-10-2-4-12(5-3-10)16(13)15-7-6-11-8-14-9-11/h2-5,11H,6-9H2,1H3. The van der Waals surface area contributed by atoms with Gasteiger partial charge in [-0.3, -0.25) is 4.18 Å². The second-order valence-corrected chi connectivity index (χ2v) is 5.24. The molecule has 1 aromatic carbocycles. The van der Waals surface area contributed by atoms with Crippen LogP contribution in [0.15, 0.2) is 29.2 Å². The third-order valence-corrected chi connectivity index (χ3v) is 3.67. The van der Waals surface area contributed by atoms with Crippen LogP contribution in [0.2, 0.25) is 0 Å². The van der Waals surface area contributed by atoms with Gasteiger partial charge in [0.05, 0.1) is 24.7 Å². The van der Waals surface area contributed by atoms with Gasteiger partial charge in [0.25, 0.3) is 0 Å². The zero-order chi connectivity index (χ0) is 11.4. The first-order valence-corrected chi connectivity index (χ1v) is 6.52. The molecule has 16 heavy (non-hydrogen) atoms. The van der Waals surface area contributed by atoms with E-state index in [2.05, 4.69) is 0 Å². The molecule has 1 saturated heterocycles. The molecule has 4 heteroatoms. The van der Waals surface area contributed by atoms with Crippen LogP contribution in [-0.2, 0) is 20.0 Å². The first-order chi connectivity index (χ1) is 7.75. The van der Waals surface area contributed by atoms with Crippen LogP contribution < -0.4 is 0 Å². The zero-order valence-electron chi connectivity index (χ0n) is 9.35. The minimum absolute atomic E-state index is 0.536. The third-order valence-electron chi connectivity index (χ3n) is 2.64. The van der Waals surface area contributed by atoms with Gasteiger partial charge in [0.1, 0.15) is 0 Å². The molecular weight excluding hydrogens is 224 g/mol. The summed E-state index contributed by atoms with van der Waals surface area (Å²) in [4.78, 5) is 0.732. The molecule has 0 aromatic heterocycles. The molecule has 1 aromatic rings. The van der Waals surface area contributed by atoms with Crippen molar-refractivity contribution in [2.75, 3.05) is 19.8 Å². The predicted molar refractivity (Wildman–Crippen MR) is 62.5 cm³/mol. The highest BCUT2D eigenvalue weighted by molar-refractivity contribution is 7.80. The molecule has 2 rings (SSSR count). The zero-order valence-corrected chi connectivity index (χ0v) is 10.2. The molecule has 1 aliphatic heterocycles. The number of rotatable bonds is 5.